The molecule has 88 valence electrons. The summed E-state index contributed by atoms with van der Waals surface area (Å²) in [4.78, 5) is 0. The number of benzene rings is 1. The zero-order valence-corrected chi connectivity index (χ0v) is 9.81. The lowest BCUT2D eigenvalue weighted by Gasteiger charge is -2.18. The van der Waals surface area contributed by atoms with Crippen LogP contribution in [0, 0.1) is 0 Å². The summed E-state index contributed by atoms with van der Waals surface area (Å²) in [5.74, 6) is 0.869. The van der Waals surface area contributed by atoms with Gasteiger partial charge in [0.2, 0.25) is 0 Å². The SMILES string of the molecule is COc1ccc(C(C)OC2CCCO2)cc1. The van der Waals surface area contributed by atoms with Crippen molar-refractivity contribution in [2.45, 2.75) is 32.2 Å². The minimum absolute atomic E-state index is 0.0305. The van der Waals surface area contributed by atoms with E-state index in [0.29, 0.717) is 0 Å². The first-order valence-corrected chi connectivity index (χ1v) is 5.70. The molecule has 0 aliphatic carbocycles. The van der Waals surface area contributed by atoms with Gasteiger partial charge in [0.15, 0.2) is 6.29 Å². The van der Waals surface area contributed by atoms with E-state index in [1.165, 1.54) is 0 Å². The quantitative estimate of drug-likeness (QED) is 0.784. The Morgan fingerprint density at radius 3 is 2.62 bits per heavy atom. The molecular weight excluding hydrogens is 204 g/mol. The first-order chi connectivity index (χ1) is 7.79. The van der Waals surface area contributed by atoms with Crippen molar-refractivity contribution in [1.82, 2.24) is 0 Å². The van der Waals surface area contributed by atoms with Crippen molar-refractivity contribution in [3.63, 3.8) is 0 Å². The summed E-state index contributed by atoms with van der Waals surface area (Å²) in [5, 5.41) is 0. The molecule has 3 heteroatoms. The van der Waals surface area contributed by atoms with E-state index in [2.05, 4.69) is 0 Å². The topological polar surface area (TPSA) is 27.7 Å². The van der Waals surface area contributed by atoms with Crippen LogP contribution in [-0.4, -0.2) is 20.0 Å². The second-order valence-corrected chi connectivity index (χ2v) is 3.99. The summed E-state index contributed by atoms with van der Waals surface area (Å²) in [6.45, 7) is 2.86. The molecule has 0 saturated carbocycles. The van der Waals surface area contributed by atoms with Crippen LogP contribution >= 0.6 is 0 Å². The molecule has 2 atom stereocenters. The molecule has 1 aromatic carbocycles. The van der Waals surface area contributed by atoms with Crippen LogP contribution in [0.1, 0.15) is 31.4 Å². The summed E-state index contributed by atoms with van der Waals surface area (Å²) in [6.07, 6.45) is 2.13. The van der Waals surface area contributed by atoms with E-state index in [9.17, 15) is 0 Å². The van der Waals surface area contributed by atoms with Crippen LogP contribution in [0.5, 0.6) is 5.75 Å². The highest BCUT2D eigenvalue weighted by molar-refractivity contribution is 5.28. The Labute approximate surface area is 96.3 Å². The van der Waals surface area contributed by atoms with Crippen LogP contribution in [0.15, 0.2) is 24.3 Å². The summed E-state index contributed by atoms with van der Waals surface area (Å²) in [7, 11) is 1.67. The third-order valence-corrected chi connectivity index (χ3v) is 2.83. The summed E-state index contributed by atoms with van der Waals surface area (Å²) < 4.78 is 16.4. The van der Waals surface area contributed by atoms with Gasteiger partial charge in [-0.05, 0) is 31.0 Å². The maximum Gasteiger partial charge on any atom is 0.158 e. The molecule has 0 bridgehead atoms. The van der Waals surface area contributed by atoms with Crippen LogP contribution in [0.4, 0.5) is 0 Å². The first-order valence-electron chi connectivity index (χ1n) is 5.70. The van der Waals surface area contributed by atoms with Crippen molar-refractivity contribution in [1.29, 1.82) is 0 Å². The highest BCUT2D eigenvalue weighted by Gasteiger charge is 2.19. The van der Waals surface area contributed by atoms with Gasteiger partial charge >= 0.3 is 0 Å². The number of hydrogen-bond donors (Lipinski definition) is 0. The van der Waals surface area contributed by atoms with Gasteiger partial charge in [0.25, 0.3) is 0 Å². The Kier molecular flexibility index (Phi) is 3.80. The van der Waals surface area contributed by atoms with Gasteiger partial charge in [0.1, 0.15) is 5.75 Å². The standard InChI is InChI=1S/C13H18O3/c1-10(16-13-4-3-9-15-13)11-5-7-12(14-2)8-6-11/h5-8,10,13H,3-4,9H2,1-2H3. The summed E-state index contributed by atoms with van der Waals surface area (Å²) >= 11 is 0. The molecule has 1 heterocycles. The van der Waals surface area contributed by atoms with Gasteiger partial charge in [-0.1, -0.05) is 12.1 Å². The smallest absolute Gasteiger partial charge is 0.158 e. The van der Waals surface area contributed by atoms with Crippen molar-refractivity contribution in [2.24, 2.45) is 0 Å². The molecule has 1 aliphatic heterocycles. The maximum atomic E-state index is 5.81. The minimum atomic E-state index is -0.0305. The molecule has 2 unspecified atom stereocenters. The predicted octanol–water partition coefficient (Wildman–Crippen LogP) is 2.91. The normalized spacial score (nSPS) is 22.0. The zero-order chi connectivity index (χ0) is 11.4. The molecule has 0 N–H and O–H groups in total. The van der Waals surface area contributed by atoms with E-state index in [1.54, 1.807) is 7.11 Å². The van der Waals surface area contributed by atoms with E-state index in [4.69, 9.17) is 14.2 Å². The van der Waals surface area contributed by atoms with Crippen molar-refractivity contribution in [3.8, 4) is 5.75 Å². The molecule has 1 aliphatic rings. The van der Waals surface area contributed by atoms with Crippen LogP contribution < -0.4 is 4.74 Å². The Hall–Kier alpha value is -1.06. The second-order valence-electron chi connectivity index (χ2n) is 3.99. The summed E-state index contributed by atoms with van der Waals surface area (Å²) in [5.41, 5.74) is 1.15. The molecule has 2 rings (SSSR count). The zero-order valence-electron chi connectivity index (χ0n) is 9.81. The monoisotopic (exact) mass is 222 g/mol. The lowest BCUT2D eigenvalue weighted by atomic mass is 10.1. The maximum absolute atomic E-state index is 5.81. The lowest BCUT2D eigenvalue weighted by molar-refractivity contribution is -0.140. The molecule has 0 spiro atoms. The Balaban J connectivity index is 1.94. The Bertz CT molecular complexity index is 314. The van der Waals surface area contributed by atoms with Gasteiger partial charge in [0, 0.05) is 13.0 Å². The third kappa shape index (κ3) is 2.74. The Morgan fingerprint density at radius 1 is 1.31 bits per heavy atom. The van der Waals surface area contributed by atoms with E-state index in [-0.39, 0.29) is 12.4 Å². The number of methoxy groups -OCH3 is 1. The number of hydrogen-bond acceptors (Lipinski definition) is 3. The number of rotatable bonds is 4. The van der Waals surface area contributed by atoms with E-state index in [0.717, 1.165) is 30.8 Å². The van der Waals surface area contributed by atoms with Gasteiger partial charge in [-0.15, -0.1) is 0 Å². The number of ether oxygens (including phenoxy) is 3. The molecule has 0 aromatic heterocycles. The molecule has 1 fully saturated rings. The van der Waals surface area contributed by atoms with Gasteiger partial charge < -0.3 is 14.2 Å². The average molecular weight is 222 g/mol. The van der Waals surface area contributed by atoms with Gasteiger partial charge in [-0.2, -0.15) is 0 Å². The lowest BCUT2D eigenvalue weighted by Crippen LogP contribution is -2.13. The molecule has 16 heavy (non-hydrogen) atoms. The van der Waals surface area contributed by atoms with Crippen molar-refractivity contribution in [2.75, 3.05) is 13.7 Å². The molecule has 1 aromatic rings. The van der Waals surface area contributed by atoms with E-state index in [1.807, 2.05) is 31.2 Å². The third-order valence-electron chi connectivity index (χ3n) is 2.83. The van der Waals surface area contributed by atoms with Gasteiger partial charge in [0.05, 0.1) is 13.2 Å². The average Bonchev–Trinajstić information content (AvgIpc) is 2.82. The fourth-order valence-corrected chi connectivity index (χ4v) is 1.84. The molecule has 1 saturated heterocycles. The highest BCUT2D eigenvalue weighted by atomic mass is 16.7. The van der Waals surface area contributed by atoms with Crippen LogP contribution in [0.3, 0.4) is 0 Å². The fourth-order valence-electron chi connectivity index (χ4n) is 1.84. The van der Waals surface area contributed by atoms with Gasteiger partial charge in [-0.3, -0.25) is 0 Å². The molecular formula is C13H18O3. The first kappa shape index (κ1) is 11.4. The van der Waals surface area contributed by atoms with E-state index < -0.39 is 0 Å². The van der Waals surface area contributed by atoms with Gasteiger partial charge in [-0.25, -0.2) is 0 Å². The van der Waals surface area contributed by atoms with Crippen LogP contribution in [0.25, 0.3) is 0 Å². The predicted molar refractivity (Wildman–Crippen MR) is 61.5 cm³/mol. The molecule has 3 nitrogen and oxygen atoms in total. The molecule has 0 amide bonds. The summed E-state index contributed by atoms with van der Waals surface area (Å²) in [6, 6.07) is 7.95. The fraction of sp³-hybridized carbons (Fsp3) is 0.538. The second kappa shape index (κ2) is 5.32. The van der Waals surface area contributed by atoms with Crippen molar-refractivity contribution in [3.05, 3.63) is 29.8 Å². The van der Waals surface area contributed by atoms with Crippen molar-refractivity contribution >= 4 is 0 Å². The Morgan fingerprint density at radius 2 is 2.06 bits per heavy atom. The van der Waals surface area contributed by atoms with E-state index >= 15 is 0 Å². The highest BCUT2D eigenvalue weighted by Crippen LogP contribution is 2.24. The minimum Gasteiger partial charge on any atom is -0.497 e. The molecule has 0 radical (unpaired) electrons. The van der Waals surface area contributed by atoms with Crippen molar-refractivity contribution < 1.29 is 14.2 Å². The largest absolute Gasteiger partial charge is 0.497 e. The van der Waals surface area contributed by atoms with Crippen LogP contribution in [0.2, 0.25) is 0 Å². The van der Waals surface area contributed by atoms with Crippen LogP contribution in [-0.2, 0) is 9.47 Å².